The van der Waals surface area contributed by atoms with E-state index < -0.39 is 41.5 Å². The molecule has 0 aliphatic rings. The summed E-state index contributed by atoms with van der Waals surface area (Å²) in [5.74, 6) is -3.05. The summed E-state index contributed by atoms with van der Waals surface area (Å²) >= 11 is 0. The Hall–Kier alpha value is -5.94. The molecule has 0 amide bonds. The van der Waals surface area contributed by atoms with Crippen LogP contribution in [0, 0.1) is 0 Å². The van der Waals surface area contributed by atoms with Crippen LogP contribution in [-0.2, 0) is 0 Å². The fourth-order valence-electron chi connectivity index (χ4n) is 5.09. The molecule has 0 radical (unpaired) electrons. The zero-order valence-electron chi connectivity index (χ0n) is 34.2. The van der Waals surface area contributed by atoms with Gasteiger partial charge in [-0.2, -0.15) is 28.9 Å². The van der Waals surface area contributed by atoms with Gasteiger partial charge in [0.1, 0.15) is 33.8 Å². The van der Waals surface area contributed by atoms with Crippen molar-refractivity contribution < 1.29 is 37.2 Å². The molecule has 16 nitrogen and oxygen atoms in total. The molecule has 6 heterocycles. The Kier molecular flexibility index (Phi) is 10.6. The first kappa shape index (κ1) is 40.7. The Morgan fingerprint density at radius 1 is 0.526 bits per heavy atom. The van der Waals surface area contributed by atoms with Gasteiger partial charge in [0.2, 0.25) is 11.8 Å². The summed E-state index contributed by atoms with van der Waals surface area (Å²) in [5.41, 5.74) is -0.647. The third-order valence-electron chi connectivity index (χ3n) is 7.14. The Morgan fingerprint density at radius 3 is 1.25 bits per heavy atom. The van der Waals surface area contributed by atoms with Gasteiger partial charge in [-0.25, -0.2) is 29.0 Å². The molecule has 6 aromatic rings. The van der Waals surface area contributed by atoms with Crippen molar-refractivity contribution in [2.24, 2.45) is 0 Å². The molecule has 0 saturated carbocycles. The second kappa shape index (κ2) is 14.9. The molecule has 0 fully saturated rings. The molecular formula is C39H48F2N10O6. The van der Waals surface area contributed by atoms with Crippen LogP contribution in [0.1, 0.15) is 83.1 Å². The first-order valence-electron chi connectivity index (χ1n) is 18.2. The lowest BCUT2D eigenvalue weighted by molar-refractivity contribution is -0.0724. The normalized spacial score (nSPS) is 12.9. The number of alkyl halides is 2. The minimum absolute atomic E-state index is 0.0357. The standard InChI is InChI=1S/C39H48F2N10O6/c1-35(2,3)54-31-23(19-44-33(46-31)56-37(7,8)9)25-17-27(29-42-13-15-50(29)48-25)52-21-39(40,41)22-53-28-18-26(49-51-16-14-43-30(28)51)24-20-45-34(57-38(10,11)12)47-32(24)55-36(4,5)6/h13-20H,21-22H2,1-12H3. The average Bonchev–Trinajstić information content (AvgIpc) is 3.73. The van der Waals surface area contributed by atoms with Gasteiger partial charge in [0.05, 0.1) is 11.1 Å². The number of halogens is 2. The number of fused-ring (bicyclic) bond motifs is 2. The van der Waals surface area contributed by atoms with Crippen molar-refractivity contribution in [1.29, 1.82) is 0 Å². The van der Waals surface area contributed by atoms with E-state index in [1.807, 2.05) is 83.1 Å². The molecule has 0 N–H and O–H groups in total. The minimum atomic E-state index is -3.49. The first-order chi connectivity index (χ1) is 26.4. The monoisotopic (exact) mass is 790 g/mol. The van der Waals surface area contributed by atoms with Gasteiger partial charge < -0.3 is 28.4 Å². The number of hydrogen-bond donors (Lipinski definition) is 0. The van der Waals surface area contributed by atoms with Crippen LogP contribution in [0.25, 0.3) is 33.8 Å². The number of aromatic nitrogens is 10. The smallest absolute Gasteiger partial charge is 0.320 e. The minimum Gasteiger partial charge on any atom is -0.483 e. The molecule has 0 spiro atoms. The molecule has 6 rings (SSSR count). The van der Waals surface area contributed by atoms with Gasteiger partial charge in [0.15, 0.2) is 36.0 Å². The molecule has 0 bridgehead atoms. The second-order valence-corrected chi connectivity index (χ2v) is 17.2. The Labute approximate surface area is 328 Å². The largest absolute Gasteiger partial charge is 0.483 e. The fourth-order valence-corrected chi connectivity index (χ4v) is 5.09. The van der Waals surface area contributed by atoms with Crippen LogP contribution < -0.4 is 28.4 Å². The summed E-state index contributed by atoms with van der Waals surface area (Å²) in [6.45, 7) is 20.3. The predicted octanol–water partition coefficient (Wildman–Crippen LogP) is 7.49. The van der Waals surface area contributed by atoms with Crippen LogP contribution in [0.3, 0.4) is 0 Å². The van der Waals surface area contributed by atoms with Crippen molar-refractivity contribution in [3.05, 3.63) is 49.3 Å². The van der Waals surface area contributed by atoms with E-state index in [-0.39, 0.29) is 46.6 Å². The molecular weight excluding hydrogens is 742 g/mol. The number of ether oxygens (including phenoxy) is 6. The highest BCUT2D eigenvalue weighted by Gasteiger charge is 2.33. The molecule has 6 aromatic heterocycles. The van der Waals surface area contributed by atoms with Crippen LogP contribution in [0.4, 0.5) is 8.78 Å². The Morgan fingerprint density at radius 2 is 0.895 bits per heavy atom. The van der Waals surface area contributed by atoms with E-state index in [0.29, 0.717) is 22.5 Å². The van der Waals surface area contributed by atoms with Crippen molar-refractivity contribution in [1.82, 2.24) is 49.1 Å². The maximum atomic E-state index is 15.7. The number of imidazole rings is 2. The number of nitrogens with zero attached hydrogens (tertiary/aromatic N) is 10. The lowest BCUT2D eigenvalue weighted by atomic mass is 10.1. The van der Waals surface area contributed by atoms with E-state index >= 15 is 8.78 Å². The highest BCUT2D eigenvalue weighted by molar-refractivity contribution is 5.70. The lowest BCUT2D eigenvalue weighted by Gasteiger charge is -2.24. The molecule has 0 aliphatic carbocycles. The van der Waals surface area contributed by atoms with Gasteiger partial charge in [-0.1, -0.05) is 0 Å². The van der Waals surface area contributed by atoms with Crippen molar-refractivity contribution in [3.63, 3.8) is 0 Å². The van der Waals surface area contributed by atoms with E-state index in [1.54, 1.807) is 12.4 Å². The molecule has 0 atom stereocenters. The highest BCUT2D eigenvalue weighted by atomic mass is 19.3. The Balaban J connectivity index is 1.26. The quantitative estimate of drug-likeness (QED) is 0.120. The molecule has 57 heavy (non-hydrogen) atoms. The van der Waals surface area contributed by atoms with E-state index in [4.69, 9.17) is 28.4 Å². The highest BCUT2D eigenvalue weighted by Crippen LogP contribution is 2.36. The lowest BCUT2D eigenvalue weighted by Crippen LogP contribution is -2.33. The van der Waals surface area contributed by atoms with Gasteiger partial charge >= 0.3 is 17.9 Å². The summed E-state index contributed by atoms with van der Waals surface area (Å²) in [7, 11) is 0. The maximum absolute atomic E-state index is 15.7. The van der Waals surface area contributed by atoms with Gasteiger partial charge in [-0.05, 0) is 83.1 Å². The fraction of sp³-hybridized carbons (Fsp3) is 0.487. The molecule has 304 valence electrons. The molecule has 0 saturated heterocycles. The van der Waals surface area contributed by atoms with Crippen LogP contribution in [-0.4, -0.2) is 90.7 Å². The molecule has 0 aliphatic heterocycles. The Bertz CT molecular complexity index is 2210. The van der Waals surface area contributed by atoms with Crippen molar-refractivity contribution in [2.75, 3.05) is 13.2 Å². The number of hydrogen-bond acceptors (Lipinski definition) is 14. The molecule has 18 heteroatoms. The van der Waals surface area contributed by atoms with Gasteiger partial charge in [-0.15, -0.1) is 0 Å². The summed E-state index contributed by atoms with van der Waals surface area (Å²) < 4.78 is 69.8. The van der Waals surface area contributed by atoms with E-state index in [2.05, 4.69) is 40.1 Å². The first-order valence-corrected chi connectivity index (χ1v) is 18.2. The average molecular weight is 791 g/mol. The van der Waals surface area contributed by atoms with Crippen LogP contribution >= 0.6 is 0 Å². The van der Waals surface area contributed by atoms with Crippen LogP contribution in [0.15, 0.2) is 49.3 Å². The summed E-state index contributed by atoms with van der Waals surface area (Å²) in [6, 6.07) is 3.18. The summed E-state index contributed by atoms with van der Waals surface area (Å²) in [4.78, 5) is 26.3. The predicted molar refractivity (Wildman–Crippen MR) is 205 cm³/mol. The third kappa shape index (κ3) is 10.7. The summed E-state index contributed by atoms with van der Waals surface area (Å²) in [5, 5.41) is 9.21. The molecule has 0 unspecified atom stereocenters. The second-order valence-electron chi connectivity index (χ2n) is 17.2. The van der Waals surface area contributed by atoms with Crippen molar-refractivity contribution >= 4 is 11.3 Å². The van der Waals surface area contributed by atoms with Crippen LogP contribution in [0.2, 0.25) is 0 Å². The third-order valence-corrected chi connectivity index (χ3v) is 7.14. The van der Waals surface area contributed by atoms with Gasteiger partial charge in [0.25, 0.3) is 0 Å². The van der Waals surface area contributed by atoms with E-state index in [9.17, 15) is 0 Å². The number of rotatable bonds is 12. The molecule has 0 aromatic carbocycles. The van der Waals surface area contributed by atoms with Crippen molar-refractivity contribution in [2.45, 2.75) is 111 Å². The topological polar surface area (TPSA) is 167 Å². The maximum Gasteiger partial charge on any atom is 0.320 e. The van der Waals surface area contributed by atoms with Gasteiger partial charge in [0, 0.05) is 49.3 Å². The van der Waals surface area contributed by atoms with Crippen molar-refractivity contribution in [3.8, 4) is 57.8 Å². The zero-order valence-corrected chi connectivity index (χ0v) is 34.2. The summed E-state index contributed by atoms with van der Waals surface area (Å²) in [6.07, 6.45) is 9.11. The zero-order chi connectivity index (χ0) is 41.6. The van der Waals surface area contributed by atoms with E-state index in [0.717, 1.165) is 0 Å². The van der Waals surface area contributed by atoms with Crippen LogP contribution in [0.5, 0.6) is 35.3 Å². The SMILES string of the molecule is CC(C)(C)Oc1ncc(-c2cc(OCC(F)(F)COc3cc(-c4cnc(OC(C)(C)C)nc4OC(C)(C)C)nn4ccnc34)c3nccn3n2)c(OC(C)(C)C)n1. The van der Waals surface area contributed by atoms with E-state index in [1.165, 1.54) is 46.0 Å². The van der Waals surface area contributed by atoms with Gasteiger partial charge in [-0.3, -0.25) is 0 Å².